The van der Waals surface area contributed by atoms with E-state index in [0.717, 1.165) is 16.7 Å². The van der Waals surface area contributed by atoms with E-state index >= 15 is 0 Å². The summed E-state index contributed by atoms with van der Waals surface area (Å²) in [6.45, 7) is 7.74. The molecule has 202 valence electrons. The van der Waals surface area contributed by atoms with Crippen molar-refractivity contribution in [1.82, 2.24) is 10.2 Å². The number of nitrogens with one attached hydrogen (secondary N) is 1. The van der Waals surface area contributed by atoms with E-state index < -0.39 is 28.5 Å². The maximum Gasteiger partial charge on any atom is 0.264 e. The number of aryl methyl sites for hydroxylation is 2. The second-order valence-corrected chi connectivity index (χ2v) is 11.1. The van der Waals surface area contributed by atoms with Crippen LogP contribution in [-0.2, 0) is 26.0 Å². The van der Waals surface area contributed by atoms with Gasteiger partial charge in [-0.25, -0.2) is 8.42 Å². The van der Waals surface area contributed by atoms with Gasteiger partial charge in [0, 0.05) is 13.1 Å². The summed E-state index contributed by atoms with van der Waals surface area (Å²) in [5, 5.41) is 2.82. The molecule has 7 nitrogen and oxygen atoms in total. The van der Waals surface area contributed by atoms with E-state index in [4.69, 9.17) is 0 Å². The zero-order valence-electron chi connectivity index (χ0n) is 22.6. The van der Waals surface area contributed by atoms with E-state index in [-0.39, 0.29) is 17.3 Å². The van der Waals surface area contributed by atoms with Crippen molar-refractivity contribution < 1.29 is 18.0 Å². The van der Waals surface area contributed by atoms with Crippen molar-refractivity contribution in [2.45, 2.75) is 51.5 Å². The molecule has 0 saturated carbocycles. The van der Waals surface area contributed by atoms with Crippen LogP contribution >= 0.6 is 0 Å². The topological polar surface area (TPSA) is 86.8 Å². The lowest BCUT2D eigenvalue weighted by molar-refractivity contribution is -0.139. The molecule has 1 atom stereocenters. The summed E-state index contributed by atoms with van der Waals surface area (Å²) in [5.41, 5.74) is 3.19. The Kier molecular flexibility index (Phi) is 10.1. The fourth-order valence-electron chi connectivity index (χ4n) is 4.51. The SMILES string of the molecule is CCNC(=O)[C@@H](CC)N(CCc1ccccc1)C(=O)CN(c1ccc(C)cc1C)S(=O)(=O)c1ccccc1. The number of hydrogen-bond donors (Lipinski definition) is 1. The van der Waals surface area contributed by atoms with Gasteiger partial charge in [-0.3, -0.25) is 13.9 Å². The quantitative estimate of drug-likeness (QED) is 0.370. The lowest BCUT2D eigenvalue weighted by atomic mass is 10.1. The molecule has 8 heteroatoms. The third kappa shape index (κ3) is 7.01. The summed E-state index contributed by atoms with van der Waals surface area (Å²) in [5.74, 6) is -0.682. The van der Waals surface area contributed by atoms with Gasteiger partial charge in [-0.05, 0) is 62.9 Å². The highest BCUT2D eigenvalue weighted by molar-refractivity contribution is 7.92. The molecule has 0 aromatic heterocycles. The predicted octanol–water partition coefficient (Wildman–Crippen LogP) is 4.48. The summed E-state index contributed by atoms with van der Waals surface area (Å²) in [7, 11) is -4.06. The molecular formula is C30H37N3O4S. The molecule has 0 heterocycles. The largest absolute Gasteiger partial charge is 0.355 e. The Morgan fingerprint density at radius 3 is 2.11 bits per heavy atom. The van der Waals surface area contributed by atoms with Gasteiger partial charge in [0.25, 0.3) is 10.0 Å². The molecule has 0 aliphatic rings. The minimum absolute atomic E-state index is 0.0966. The van der Waals surface area contributed by atoms with Crippen molar-refractivity contribution >= 4 is 27.5 Å². The maximum absolute atomic E-state index is 14.0. The van der Waals surface area contributed by atoms with Gasteiger partial charge < -0.3 is 10.2 Å². The van der Waals surface area contributed by atoms with Crippen LogP contribution in [0.4, 0.5) is 5.69 Å². The standard InChI is InChI=1S/C30H37N3O4S/c1-5-27(30(35)31-6-2)32(20-19-25-13-9-7-10-14-25)29(34)22-33(28-18-17-23(3)21-24(28)4)38(36,37)26-15-11-8-12-16-26/h7-18,21,27H,5-6,19-20,22H2,1-4H3,(H,31,35)/t27-/m1/s1. The molecular weight excluding hydrogens is 498 g/mol. The Balaban J connectivity index is 2.02. The Labute approximate surface area is 226 Å². The molecule has 0 bridgehead atoms. The van der Waals surface area contributed by atoms with Crippen LogP contribution in [0, 0.1) is 13.8 Å². The molecule has 3 aromatic carbocycles. The summed E-state index contributed by atoms with van der Waals surface area (Å²) in [4.78, 5) is 28.5. The van der Waals surface area contributed by atoms with Crippen LogP contribution in [0.2, 0.25) is 0 Å². The van der Waals surface area contributed by atoms with Crippen LogP contribution in [0.15, 0.2) is 83.8 Å². The number of rotatable bonds is 12. The first kappa shape index (κ1) is 28.9. The molecule has 0 saturated heterocycles. The summed E-state index contributed by atoms with van der Waals surface area (Å²) >= 11 is 0. The highest BCUT2D eigenvalue weighted by Gasteiger charge is 2.33. The first-order valence-corrected chi connectivity index (χ1v) is 14.4. The molecule has 0 unspecified atom stereocenters. The smallest absolute Gasteiger partial charge is 0.264 e. The van der Waals surface area contributed by atoms with E-state index in [1.807, 2.05) is 70.2 Å². The lowest BCUT2D eigenvalue weighted by Crippen LogP contribution is -2.53. The summed E-state index contributed by atoms with van der Waals surface area (Å²) in [6, 6.07) is 22.6. The van der Waals surface area contributed by atoms with Crippen molar-refractivity contribution in [1.29, 1.82) is 0 Å². The number of amides is 2. The van der Waals surface area contributed by atoms with Crippen LogP contribution < -0.4 is 9.62 Å². The molecule has 0 spiro atoms. The van der Waals surface area contributed by atoms with Gasteiger partial charge in [-0.1, -0.05) is 73.2 Å². The van der Waals surface area contributed by atoms with Gasteiger partial charge in [-0.15, -0.1) is 0 Å². The Hall–Kier alpha value is -3.65. The first-order chi connectivity index (χ1) is 18.2. The van der Waals surface area contributed by atoms with E-state index in [1.165, 1.54) is 21.3 Å². The minimum atomic E-state index is -4.06. The zero-order chi connectivity index (χ0) is 27.7. The normalized spacial score (nSPS) is 12.0. The van der Waals surface area contributed by atoms with Crippen LogP contribution in [0.1, 0.15) is 37.0 Å². The second-order valence-electron chi connectivity index (χ2n) is 9.26. The first-order valence-electron chi connectivity index (χ1n) is 12.9. The molecule has 2 amide bonds. The van der Waals surface area contributed by atoms with Gasteiger partial charge in [0.05, 0.1) is 10.6 Å². The van der Waals surface area contributed by atoms with Crippen molar-refractivity contribution in [2.24, 2.45) is 0 Å². The minimum Gasteiger partial charge on any atom is -0.355 e. The van der Waals surface area contributed by atoms with E-state index in [0.29, 0.717) is 25.1 Å². The third-order valence-corrected chi connectivity index (χ3v) is 8.23. The Morgan fingerprint density at radius 2 is 1.53 bits per heavy atom. The van der Waals surface area contributed by atoms with Gasteiger partial charge in [-0.2, -0.15) is 0 Å². The maximum atomic E-state index is 14.0. The van der Waals surface area contributed by atoms with E-state index in [9.17, 15) is 18.0 Å². The number of likely N-dealkylation sites (N-methyl/N-ethyl adjacent to an activating group) is 1. The lowest BCUT2D eigenvalue weighted by Gasteiger charge is -2.33. The van der Waals surface area contributed by atoms with E-state index in [2.05, 4.69) is 5.32 Å². The van der Waals surface area contributed by atoms with E-state index in [1.54, 1.807) is 24.3 Å². The van der Waals surface area contributed by atoms with Crippen molar-refractivity contribution in [3.63, 3.8) is 0 Å². The van der Waals surface area contributed by atoms with Crippen LogP contribution in [0.25, 0.3) is 0 Å². The summed E-state index contributed by atoms with van der Waals surface area (Å²) in [6.07, 6.45) is 0.943. The third-order valence-electron chi connectivity index (χ3n) is 6.45. The number of nitrogens with zero attached hydrogens (tertiary/aromatic N) is 2. The average molecular weight is 536 g/mol. The highest BCUT2D eigenvalue weighted by Crippen LogP contribution is 2.28. The van der Waals surface area contributed by atoms with Gasteiger partial charge >= 0.3 is 0 Å². The van der Waals surface area contributed by atoms with Gasteiger partial charge in [0.15, 0.2) is 0 Å². The Morgan fingerprint density at radius 1 is 0.895 bits per heavy atom. The molecule has 0 aliphatic heterocycles. The van der Waals surface area contributed by atoms with Crippen molar-refractivity contribution in [2.75, 3.05) is 23.9 Å². The molecule has 1 N–H and O–H groups in total. The van der Waals surface area contributed by atoms with Crippen LogP contribution in [0.3, 0.4) is 0 Å². The number of carbonyl (C=O) groups excluding carboxylic acids is 2. The molecule has 0 radical (unpaired) electrons. The van der Waals surface area contributed by atoms with Crippen molar-refractivity contribution in [3.8, 4) is 0 Å². The highest BCUT2D eigenvalue weighted by atomic mass is 32.2. The fourth-order valence-corrected chi connectivity index (χ4v) is 6.01. The number of anilines is 1. The monoisotopic (exact) mass is 535 g/mol. The second kappa shape index (κ2) is 13.2. The molecule has 3 aromatic rings. The van der Waals surface area contributed by atoms with Crippen LogP contribution in [0.5, 0.6) is 0 Å². The molecule has 0 fully saturated rings. The molecule has 3 rings (SSSR count). The number of benzene rings is 3. The molecule has 38 heavy (non-hydrogen) atoms. The molecule has 0 aliphatic carbocycles. The summed E-state index contributed by atoms with van der Waals surface area (Å²) < 4.78 is 28.9. The van der Waals surface area contributed by atoms with Crippen molar-refractivity contribution in [3.05, 3.63) is 95.6 Å². The number of hydrogen-bond acceptors (Lipinski definition) is 4. The average Bonchev–Trinajstić information content (AvgIpc) is 2.91. The zero-order valence-corrected chi connectivity index (χ0v) is 23.4. The van der Waals surface area contributed by atoms with Crippen LogP contribution in [-0.4, -0.2) is 50.8 Å². The van der Waals surface area contributed by atoms with Gasteiger partial charge in [0.1, 0.15) is 12.6 Å². The number of sulfonamides is 1. The number of carbonyl (C=O) groups is 2. The fraction of sp³-hybridized carbons (Fsp3) is 0.333. The van der Waals surface area contributed by atoms with Gasteiger partial charge in [0.2, 0.25) is 11.8 Å². The Bertz CT molecular complexity index is 1330. The predicted molar refractivity (Wildman–Crippen MR) is 152 cm³/mol.